The number of pyridine rings is 1. The van der Waals surface area contributed by atoms with Gasteiger partial charge in [0, 0.05) is 6.07 Å². The van der Waals surface area contributed by atoms with Gasteiger partial charge in [0.1, 0.15) is 15.9 Å². The summed E-state index contributed by atoms with van der Waals surface area (Å²) in [7, 11) is -3.60. The van der Waals surface area contributed by atoms with Crippen LogP contribution in [0.3, 0.4) is 0 Å². The zero-order valence-corrected chi connectivity index (χ0v) is 8.72. The second kappa shape index (κ2) is 2.93. The Morgan fingerprint density at radius 1 is 1.50 bits per heavy atom. The molecule has 0 saturated carbocycles. The highest BCUT2D eigenvalue weighted by Crippen LogP contribution is 2.27. The molecule has 0 fully saturated rings. The predicted molar refractivity (Wildman–Crippen MR) is 53.2 cm³/mol. The molecule has 0 unspecified atom stereocenters. The van der Waals surface area contributed by atoms with Crippen LogP contribution >= 0.6 is 11.6 Å². The van der Waals surface area contributed by atoms with E-state index in [9.17, 15) is 8.42 Å². The van der Waals surface area contributed by atoms with Crippen molar-refractivity contribution in [2.75, 3.05) is 5.32 Å². The van der Waals surface area contributed by atoms with Crippen molar-refractivity contribution in [3.63, 3.8) is 0 Å². The molecule has 1 aromatic rings. The first-order chi connectivity index (χ1) is 6.49. The van der Waals surface area contributed by atoms with Crippen molar-refractivity contribution < 1.29 is 8.42 Å². The van der Waals surface area contributed by atoms with Crippen molar-refractivity contribution >= 4 is 33.1 Å². The van der Waals surface area contributed by atoms with Crippen LogP contribution in [-0.2, 0) is 10.0 Å². The fourth-order valence-electron chi connectivity index (χ4n) is 1.17. The van der Waals surface area contributed by atoms with E-state index in [2.05, 4.69) is 14.7 Å². The van der Waals surface area contributed by atoms with E-state index < -0.39 is 10.0 Å². The first-order valence-corrected chi connectivity index (χ1v) is 5.55. The van der Waals surface area contributed by atoms with Crippen molar-refractivity contribution in [3.05, 3.63) is 17.4 Å². The highest BCUT2D eigenvalue weighted by molar-refractivity contribution is 7.90. The normalized spacial score (nSPS) is 18.0. The summed E-state index contributed by atoms with van der Waals surface area (Å²) in [5.41, 5.74) is 0.414. The Hall–Kier alpha value is -1.14. The summed E-state index contributed by atoms with van der Waals surface area (Å²) in [5.74, 6) is 0.319. The smallest absolute Gasteiger partial charge is 0.287 e. The van der Waals surface area contributed by atoms with Gasteiger partial charge < -0.3 is 5.32 Å². The zero-order chi connectivity index (χ0) is 10.3. The molecule has 0 aliphatic carbocycles. The van der Waals surface area contributed by atoms with E-state index in [-0.39, 0.29) is 10.0 Å². The van der Waals surface area contributed by atoms with Gasteiger partial charge in [-0.1, -0.05) is 11.6 Å². The third-order valence-electron chi connectivity index (χ3n) is 1.68. The number of nitrogens with zero attached hydrogens (tertiary/aromatic N) is 2. The molecular formula is C7H6ClN3O2S. The van der Waals surface area contributed by atoms with Crippen LogP contribution in [0.25, 0.3) is 0 Å². The van der Waals surface area contributed by atoms with Crippen molar-refractivity contribution in [3.8, 4) is 0 Å². The van der Waals surface area contributed by atoms with Gasteiger partial charge >= 0.3 is 0 Å². The van der Waals surface area contributed by atoms with Gasteiger partial charge in [0.2, 0.25) is 0 Å². The van der Waals surface area contributed by atoms with Crippen LogP contribution in [0.4, 0.5) is 5.69 Å². The highest BCUT2D eigenvalue weighted by atomic mass is 35.5. The third-order valence-corrected chi connectivity index (χ3v) is 3.29. The minimum absolute atomic E-state index is 0.0486. The molecule has 2 heterocycles. The van der Waals surface area contributed by atoms with Crippen molar-refractivity contribution in [1.29, 1.82) is 0 Å². The van der Waals surface area contributed by atoms with Crippen LogP contribution in [0.1, 0.15) is 6.92 Å². The highest BCUT2D eigenvalue weighted by Gasteiger charge is 2.23. The minimum Gasteiger partial charge on any atom is -0.342 e. The van der Waals surface area contributed by atoms with Gasteiger partial charge in [-0.2, -0.15) is 8.42 Å². The van der Waals surface area contributed by atoms with E-state index in [1.54, 1.807) is 6.92 Å². The monoisotopic (exact) mass is 231 g/mol. The van der Waals surface area contributed by atoms with Crippen LogP contribution in [0.2, 0.25) is 5.15 Å². The number of halogens is 1. The number of sulfonamides is 1. The Morgan fingerprint density at radius 2 is 2.21 bits per heavy atom. The van der Waals surface area contributed by atoms with Gasteiger partial charge in [0.25, 0.3) is 10.0 Å². The molecule has 5 nitrogen and oxygen atoms in total. The number of hydrogen-bond acceptors (Lipinski definition) is 4. The molecule has 1 aliphatic rings. The molecule has 74 valence electrons. The summed E-state index contributed by atoms with van der Waals surface area (Å²) in [6.07, 6.45) is 1.19. The van der Waals surface area contributed by atoms with Gasteiger partial charge in [-0.3, -0.25) is 0 Å². The van der Waals surface area contributed by atoms with Gasteiger partial charge in [-0.15, -0.1) is 4.40 Å². The van der Waals surface area contributed by atoms with E-state index in [0.717, 1.165) is 0 Å². The zero-order valence-electron chi connectivity index (χ0n) is 7.15. The van der Waals surface area contributed by atoms with E-state index in [1.165, 1.54) is 12.3 Å². The average molecular weight is 232 g/mol. The lowest BCUT2D eigenvalue weighted by atomic mass is 10.4. The average Bonchev–Trinajstić information content (AvgIpc) is 2.00. The minimum atomic E-state index is -3.60. The van der Waals surface area contributed by atoms with E-state index in [4.69, 9.17) is 11.6 Å². The molecule has 0 bridgehead atoms. The number of rotatable bonds is 0. The third kappa shape index (κ3) is 1.46. The largest absolute Gasteiger partial charge is 0.342 e. The summed E-state index contributed by atoms with van der Waals surface area (Å²) in [6, 6.07) is 1.45. The molecule has 0 amide bonds. The Kier molecular flexibility index (Phi) is 1.97. The second-order valence-corrected chi connectivity index (χ2v) is 4.74. The molecule has 1 aromatic heterocycles. The molecule has 0 saturated heterocycles. The van der Waals surface area contributed by atoms with Crippen molar-refractivity contribution in [1.82, 2.24) is 4.98 Å². The summed E-state index contributed by atoms with van der Waals surface area (Å²) in [6.45, 7) is 1.56. The van der Waals surface area contributed by atoms with E-state index in [1.807, 2.05) is 0 Å². The van der Waals surface area contributed by atoms with Gasteiger partial charge in [0.15, 0.2) is 0 Å². The number of amidine groups is 1. The first-order valence-electron chi connectivity index (χ1n) is 3.73. The van der Waals surface area contributed by atoms with Crippen molar-refractivity contribution in [2.24, 2.45) is 4.40 Å². The maximum atomic E-state index is 11.5. The fourth-order valence-corrected chi connectivity index (χ4v) is 2.40. The molecule has 1 aliphatic heterocycles. The standard InChI is InChI=1S/C7H6ClN3O2S/c1-4-10-5-2-7(8)9-3-6(5)14(12,13)11-4/h2-3H,1H3,(H,10,11). The van der Waals surface area contributed by atoms with Crippen LogP contribution in [0.5, 0.6) is 0 Å². The van der Waals surface area contributed by atoms with Crippen LogP contribution < -0.4 is 5.32 Å². The Bertz CT molecular complexity index is 524. The SMILES string of the molecule is CC1=NS(=O)(=O)c2cnc(Cl)cc2N1. The summed E-state index contributed by atoms with van der Waals surface area (Å²) >= 11 is 5.63. The number of hydrogen-bond donors (Lipinski definition) is 1. The molecule has 7 heteroatoms. The summed E-state index contributed by atoms with van der Waals surface area (Å²) in [4.78, 5) is 3.74. The molecule has 2 rings (SSSR count). The van der Waals surface area contributed by atoms with Gasteiger partial charge in [-0.25, -0.2) is 4.98 Å². The molecule has 0 radical (unpaired) electrons. The molecule has 0 spiro atoms. The van der Waals surface area contributed by atoms with E-state index in [0.29, 0.717) is 11.5 Å². The summed E-state index contributed by atoms with van der Waals surface area (Å²) in [5, 5.41) is 3.04. The van der Waals surface area contributed by atoms with Crippen molar-refractivity contribution in [2.45, 2.75) is 11.8 Å². The lowest BCUT2D eigenvalue weighted by Crippen LogP contribution is -2.18. The van der Waals surface area contributed by atoms with Crippen LogP contribution in [0.15, 0.2) is 21.6 Å². The number of fused-ring (bicyclic) bond motifs is 1. The number of anilines is 1. The number of nitrogens with one attached hydrogen (secondary N) is 1. The molecule has 0 aromatic carbocycles. The maximum absolute atomic E-state index is 11.5. The Labute approximate surface area is 85.9 Å². The molecule has 1 N–H and O–H groups in total. The lowest BCUT2D eigenvalue weighted by Gasteiger charge is -2.14. The lowest BCUT2D eigenvalue weighted by molar-refractivity contribution is 0.597. The summed E-state index contributed by atoms with van der Waals surface area (Å²) < 4.78 is 26.4. The van der Waals surface area contributed by atoms with E-state index >= 15 is 0 Å². The van der Waals surface area contributed by atoms with Crippen LogP contribution in [0, 0.1) is 0 Å². The Balaban J connectivity index is 2.71. The first kappa shape index (κ1) is 9.42. The van der Waals surface area contributed by atoms with Gasteiger partial charge in [0.05, 0.1) is 11.9 Å². The fraction of sp³-hybridized carbons (Fsp3) is 0.143. The molecular weight excluding hydrogens is 226 g/mol. The molecule has 0 atom stereocenters. The topological polar surface area (TPSA) is 71.4 Å². The van der Waals surface area contributed by atoms with Gasteiger partial charge in [-0.05, 0) is 6.92 Å². The Morgan fingerprint density at radius 3 is 2.93 bits per heavy atom. The quantitative estimate of drug-likeness (QED) is 0.683. The molecule has 14 heavy (non-hydrogen) atoms. The predicted octanol–water partition coefficient (Wildman–Crippen LogP) is 1.27. The maximum Gasteiger partial charge on any atom is 0.287 e. The second-order valence-electron chi connectivity index (χ2n) is 2.78. The van der Waals surface area contributed by atoms with Crippen LogP contribution in [-0.4, -0.2) is 19.2 Å². The number of aromatic nitrogens is 1.